The van der Waals surface area contributed by atoms with Gasteiger partial charge in [0.15, 0.2) is 5.84 Å². The van der Waals surface area contributed by atoms with Crippen LogP contribution in [-0.4, -0.2) is 20.6 Å². The third-order valence-corrected chi connectivity index (χ3v) is 2.66. The Bertz CT molecular complexity index is 544. The minimum absolute atomic E-state index is 0.186. The van der Waals surface area contributed by atoms with Crippen molar-refractivity contribution in [1.29, 1.82) is 0 Å². The standard InChI is InChI=1S/C12H16N4O/c1-2-5-12-14-9-6-3-4-7-10(9)16(12)8-11(13)15-17/h3-4,6-7,17H,2,5,8H2,1H3,(H2,13,15). The highest BCUT2D eigenvalue weighted by Gasteiger charge is 2.10. The summed E-state index contributed by atoms with van der Waals surface area (Å²) in [5.41, 5.74) is 7.53. The number of oxime groups is 1. The fraction of sp³-hybridized carbons (Fsp3) is 0.333. The maximum atomic E-state index is 8.66. The number of fused-ring (bicyclic) bond motifs is 1. The molecule has 5 nitrogen and oxygen atoms in total. The van der Waals surface area contributed by atoms with E-state index in [2.05, 4.69) is 17.1 Å². The van der Waals surface area contributed by atoms with E-state index in [1.54, 1.807) is 0 Å². The Kier molecular flexibility index (Phi) is 3.27. The molecule has 0 unspecified atom stereocenters. The summed E-state index contributed by atoms with van der Waals surface area (Å²) in [6.45, 7) is 2.47. The first-order valence-corrected chi connectivity index (χ1v) is 5.66. The zero-order chi connectivity index (χ0) is 12.3. The molecule has 0 atom stereocenters. The van der Waals surface area contributed by atoms with Gasteiger partial charge in [-0.15, -0.1) is 0 Å². The minimum Gasteiger partial charge on any atom is -0.409 e. The highest BCUT2D eigenvalue weighted by molar-refractivity contribution is 5.83. The molecule has 5 heteroatoms. The number of hydrogen-bond acceptors (Lipinski definition) is 3. The first kappa shape index (κ1) is 11.4. The van der Waals surface area contributed by atoms with Crippen LogP contribution in [0.15, 0.2) is 29.4 Å². The van der Waals surface area contributed by atoms with Crippen molar-refractivity contribution in [1.82, 2.24) is 9.55 Å². The van der Waals surface area contributed by atoms with Gasteiger partial charge in [-0.05, 0) is 18.6 Å². The fourth-order valence-electron chi connectivity index (χ4n) is 1.91. The van der Waals surface area contributed by atoms with Gasteiger partial charge in [-0.1, -0.05) is 24.2 Å². The number of imidazole rings is 1. The van der Waals surface area contributed by atoms with Crippen molar-refractivity contribution in [2.45, 2.75) is 26.3 Å². The average Bonchev–Trinajstić information content (AvgIpc) is 2.68. The second-order valence-electron chi connectivity index (χ2n) is 3.94. The van der Waals surface area contributed by atoms with E-state index in [-0.39, 0.29) is 5.84 Å². The van der Waals surface area contributed by atoms with Crippen LogP contribution in [0.4, 0.5) is 0 Å². The molecule has 0 aliphatic carbocycles. The highest BCUT2D eigenvalue weighted by Crippen LogP contribution is 2.16. The van der Waals surface area contributed by atoms with Gasteiger partial charge < -0.3 is 15.5 Å². The summed E-state index contributed by atoms with van der Waals surface area (Å²) in [4.78, 5) is 4.56. The predicted octanol–water partition coefficient (Wildman–Crippen LogP) is 1.74. The summed E-state index contributed by atoms with van der Waals surface area (Å²) in [6, 6.07) is 7.88. The van der Waals surface area contributed by atoms with Gasteiger partial charge in [0.1, 0.15) is 5.82 Å². The van der Waals surface area contributed by atoms with Crippen LogP contribution in [0.25, 0.3) is 11.0 Å². The van der Waals surface area contributed by atoms with Crippen molar-refractivity contribution in [3.63, 3.8) is 0 Å². The molecule has 17 heavy (non-hydrogen) atoms. The minimum atomic E-state index is 0.186. The molecule has 2 aromatic rings. The normalized spacial score (nSPS) is 12.2. The number of amidine groups is 1. The van der Waals surface area contributed by atoms with Crippen LogP contribution in [0.1, 0.15) is 19.2 Å². The molecule has 3 N–H and O–H groups in total. The van der Waals surface area contributed by atoms with E-state index in [1.165, 1.54) is 0 Å². The zero-order valence-corrected chi connectivity index (χ0v) is 9.80. The topological polar surface area (TPSA) is 76.4 Å². The van der Waals surface area contributed by atoms with Crippen molar-refractivity contribution in [3.05, 3.63) is 30.1 Å². The van der Waals surface area contributed by atoms with Gasteiger partial charge in [0.05, 0.1) is 17.6 Å². The third kappa shape index (κ3) is 2.22. The zero-order valence-electron chi connectivity index (χ0n) is 9.80. The molecule has 1 heterocycles. The van der Waals surface area contributed by atoms with Gasteiger partial charge in [-0.3, -0.25) is 0 Å². The Balaban J connectivity index is 2.51. The summed E-state index contributed by atoms with van der Waals surface area (Å²) >= 11 is 0. The van der Waals surface area contributed by atoms with Crippen LogP contribution in [-0.2, 0) is 13.0 Å². The molecule has 0 radical (unpaired) electrons. The summed E-state index contributed by atoms with van der Waals surface area (Å²) in [5.74, 6) is 1.16. The Hall–Kier alpha value is -2.04. The maximum Gasteiger partial charge on any atom is 0.159 e. The fourth-order valence-corrected chi connectivity index (χ4v) is 1.91. The van der Waals surface area contributed by atoms with Gasteiger partial charge in [0.2, 0.25) is 0 Å². The lowest BCUT2D eigenvalue weighted by Gasteiger charge is -2.07. The van der Waals surface area contributed by atoms with E-state index >= 15 is 0 Å². The van der Waals surface area contributed by atoms with E-state index in [9.17, 15) is 0 Å². The largest absolute Gasteiger partial charge is 0.409 e. The van der Waals surface area contributed by atoms with Crippen molar-refractivity contribution in [2.24, 2.45) is 10.9 Å². The van der Waals surface area contributed by atoms with Crippen LogP contribution in [0.2, 0.25) is 0 Å². The van der Waals surface area contributed by atoms with Crippen LogP contribution in [0.3, 0.4) is 0 Å². The van der Waals surface area contributed by atoms with E-state index in [4.69, 9.17) is 10.9 Å². The molecule has 0 spiro atoms. The van der Waals surface area contributed by atoms with E-state index < -0.39 is 0 Å². The average molecular weight is 232 g/mol. The Labute approximate surface area is 99.6 Å². The van der Waals surface area contributed by atoms with Gasteiger partial charge in [-0.2, -0.15) is 0 Å². The predicted molar refractivity (Wildman–Crippen MR) is 67.1 cm³/mol. The maximum absolute atomic E-state index is 8.66. The Morgan fingerprint density at radius 1 is 1.47 bits per heavy atom. The monoisotopic (exact) mass is 232 g/mol. The van der Waals surface area contributed by atoms with Crippen LogP contribution in [0, 0.1) is 0 Å². The van der Waals surface area contributed by atoms with Gasteiger partial charge in [0.25, 0.3) is 0 Å². The van der Waals surface area contributed by atoms with Gasteiger partial charge in [0, 0.05) is 6.42 Å². The summed E-state index contributed by atoms with van der Waals surface area (Å²) in [5, 5.41) is 11.7. The molecule has 0 saturated carbocycles. The van der Waals surface area contributed by atoms with Crippen LogP contribution >= 0.6 is 0 Å². The Morgan fingerprint density at radius 3 is 2.94 bits per heavy atom. The van der Waals surface area contributed by atoms with Crippen molar-refractivity contribution >= 4 is 16.9 Å². The smallest absolute Gasteiger partial charge is 0.159 e. The quantitative estimate of drug-likeness (QED) is 0.365. The molecule has 1 aromatic carbocycles. The van der Waals surface area contributed by atoms with Crippen molar-refractivity contribution in [3.8, 4) is 0 Å². The molecule has 2 rings (SSSR count). The number of aryl methyl sites for hydroxylation is 1. The number of nitrogens with two attached hydrogens (primary N) is 1. The van der Waals surface area contributed by atoms with Crippen LogP contribution < -0.4 is 5.73 Å². The third-order valence-electron chi connectivity index (χ3n) is 2.66. The highest BCUT2D eigenvalue weighted by atomic mass is 16.4. The summed E-state index contributed by atoms with van der Waals surface area (Å²) in [6.07, 6.45) is 1.90. The van der Waals surface area contributed by atoms with E-state index in [0.717, 1.165) is 29.7 Å². The molecule has 0 aliphatic heterocycles. The molecule has 0 bridgehead atoms. The van der Waals surface area contributed by atoms with Crippen molar-refractivity contribution < 1.29 is 5.21 Å². The first-order valence-electron chi connectivity index (χ1n) is 5.66. The lowest BCUT2D eigenvalue weighted by Crippen LogP contribution is -2.20. The second-order valence-corrected chi connectivity index (χ2v) is 3.94. The Morgan fingerprint density at radius 2 is 2.24 bits per heavy atom. The molecular formula is C12H16N4O. The number of benzene rings is 1. The summed E-state index contributed by atoms with van der Waals surface area (Å²) < 4.78 is 1.99. The van der Waals surface area contributed by atoms with E-state index in [1.807, 2.05) is 28.8 Å². The molecular weight excluding hydrogens is 216 g/mol. The lowest BCUT2D eigenvalue weighted by atomic mass is 10.3. The number of rotatable bonds is 4. The number of nitrogens with zero attached hydrogens (tertiary/aromatic N) is 3. The first-order chi connectivity index (χ1) is 8.26. The van der Waals surface area contributed by atoms with Crippen LogP contribution in [0.5, 0.6) is 0 Å². The second kappa shape index (κ2) is 4.86. The number of hydrogen-bond donors (Lipinski definition) is 2. The number of para-hydroxylation sites is 2. The molecule has 0 fully saturated rings. The lowest BCUT2D eigenvalue weighted by molar-refractivity contribution is 0.316. The van der Waals surface area contributed by atoms with Gasteiger partial charge in [-0.25, -0.2) is 4.98 Å². The van der Waals surface area contributed by atoms with Gasteiger partial charge >= 0.3 is 0 Å². The molecule has 90 valence electrons. The summed E-state index contributed by atoms with van der Waals surface area (Å²) in [7, 11) is 0. The van der Waals surface area contributed by atoms with E-state index in [0.29, 0.717) is 6.54 Å². The molecule has 1 aromatic heterocycles. The molecule has 0 amide bonds. The molecule has 0 aliphatic rings. The molecule has 0 saturated heterocycles. The SMILES string of the molecule is CCCc1nc2ccccc2n1C/C(N)=N/O. The number of aromatic nitrogens is 2. The van der Waals surface area contributed by atoms with Crippen molar-refractivity contribution in [2.75, 3.05) is 0 Å².